The second-order valence-electron chi connectivity index (χ2n) is 6.00. The van der Waals surface area contributed by atoms with Gasteiger partial charge >= 0.3 is 6.18 Å². The number of pyridine rings is 1. The topological polar surface area (TPSA) is 123 Å². The number of halogens is 3. The number of carbonyl (C=O) groups is 2. The molecule has 1 unspecified atom stereocenters. The van der Waals surface area contributed by atoms with E-state index in [0.29, 0.717) is 5.56 Å². The van der Waals surface area contributed by atoms with Crippen LogP contribution in [0.25, 0.3) is 16.8 Å². The lowest BCUT2D eigenvalue weighted by Gasteiger charge is -2.11. The van der Waals surface area contributed by atoms with Gasteiger partial charge < -0.3 is 25.0 Å². The van der Waals surface area contributed by atoms with E-state index >= 15 is 0 Å². The highest BCUT2D eigenvalue weighted by Gasteiger charge is 2.35. The maximum atomic E-state index is 13.5. The molecule has 0 aliphatic rings. The predicted octanol–water partition coefficient (Wildman–Crippen LogP) is 1.12. The standard InChI is InChI=1S/C17H15F3N4O4/c18-17(19,20)12-3-10(9-1-2-28-8-9)5-24-6-11(22-16(12)24)4-14(26)23-13(7-25)15(21)27/h1-3,5-6,8,13,25H,4,7H2,(H2,21,27)(H,23,26). The first-order valence-electron chi connectivity index (χ1n) is 8.00. The zero-order valence-corrected chi connectivity index (χ0v) is 14.2. The first kappa shape index (κ1) is 19.4. The van der Waals surface area contributed by atoms with Crippen molar-refractivity contribution in [3.63, 3.8) is 0 Å². The maximum Gasteiger partial charge on any atom is 0.420 e. The summed E-state index contributed by atoms with van der Waals surface area (Å²) >= 11 is 0. The number of rotatable bonds is 6. The third-order valence-electron chi connectivity index (χ3n) is 3.96. The van der Waals surface area contributed by atoms with Gasteiger partial charge in [0, 0.05) is 23.5 Å². The van der Waals surface area contributed by atoms with Crippen molar-refractivity contribution in [3.8, 4) is 11.1 Å². The number of hydrogen-bond acceptors (Lipinski definition) is 5. The van der Waals surface area contributed by atoms with E-state index < -0.39 is 42.6 Å². The molecule has 28 heavy (non-hydrogen) atoms. The van der Waals surface area contributed by atoms with Gasteiger partial charge in [-0.3, -0.25) is 9.59 Å². The molecule has 2 amide bonds. The molecule has 0 radical (unpaired) electrons. The fourth-order valence-electron chi connectivity index (χ4n) is 2.65. The molecule has 0 bridgehead atoms. The number of nitrogens with zero attached hydrogens (tertiary/aromatic N) is 2. The Hall–Kier alpha value is -3.34. The Morgan fingerprint density at radius 2 is 2.07 bits per heavy atom. The van der Waals surface area contributed by atoms with Gasteiger partial charge in [-0.25, -0.2) is 4.98 Å². The predicted molar refractivity (Wildman–Crippen MR) is 89.8 cm³/mol. The summed E-state index contributed by atoms with van der Waals surface area (Å²) in [6.07, 6.45) is 0.303. The molecule has 0 saturated carbocycles. The maximum absolute atomic E-state index is 13.5. The van der Waals surface area contributed by atoms with Gasteiger partial charge in [-0.1, -0.05) is 0 Å². The summed E-state index contributed by atoms with van der Waals surface area (Å²) in [5, 5.41) is 11.2. The van der Waals surface area contributed by atoms with Gasteiger partial charge in [0.15, 0.2) is 0 Å². The number of nitrogens with two attached hydrogens (primary N) is 1. The number of alkyl halides is 3. The van der Waals surface area contributed by atoms with E-state index in [-0.39, 0.29) is 16.9 Å². The van der Waals surface area contributed by atoms with Gasteiger partial charge in [0.1, 0.15) is 11.7 Å². The minimum atomic E-state index is -4.67. The summed E-state index contributed by atoms with van der Waals surface area (Å²) < 4.78 is 46.5. The average molecular weight is 396 g/mol. The van der Waals surface area contributed by atoms with E-state index in [1.165, 1.54) is 35.4 Å². The zero-order chi connectivity index (χ0) is 20.5. The van der Waals surface area contributed by atoms with Crippen LogP contribution in [0.4, 0.5) is 13.2 Å². The number of imidazole rings is 1. The summed E-state index contributed by atoms with van der Waals surface area (Å²) in [5.74, 6) is -1.65. The highest BCUT2D eigenvalue weighted by molar-refractivity contribution is 5.87. The van der Waals surface area contributed by atoms with Crippen molar-refractivity contribution >= 4 is 17.5 Å². The van der Waals surface area contributed by atoms with Gasteiger partial charge in [-0.2, -0.15) is 13.2 Å². The molecule has 0 aromatic carbocycles. The van der Waals surface area contributed by atoms with Crippen LogP contribution in [-0.2, 0) is 22.2 Å². The number of carbonyl (C=O) groups excluding carboxylic acids is 2. The van der Waals surface area contributed by atoms with Gasteiger partial charge in [0.05, 0.1) is 36.8 Å². The first-order valence-corrected chi connectivity index (χ1v) is 8.00. The number of amides is 2. The number of aliphatic hydroxyl groups is 1. The summed E-state index contributed by atoms with van der Waals surface area (Å²) in [4.78, 5) is 26.9. The molecule has 3 aromatic heterocycles. The van der Waals surface area contributed by atoms with Crippen LogP contribution in [-0.4, -0.2) is 39.0 Å². The van der Waals surface area contributed by atoms with Crippen LogP contribution in [0.15, 0.2) is 41.5 Å². The monoisotopic (exact) mass is 396 g/mol. The van der Waals surface area contributed by atoms with E-state index in [0.717, 1.165) is 6.07 Å². The largest absolute Gasteiger partial charge is 0.472 e. The van der Waals surface area contributed by atoms with Gasteiger partial charge in [0.25, 0.3) is 0 Å². The Balaban J connectivity index is 1.96. The molecule has 3 heterocycles. The summed E-state index contributed by atoms with van der Waals surface area (Å²) in [5.41, 5.74) is 4.44. The molecule has 11 heteroatoms. The minimum Gasteiger partial charge on any atom is -0.472 e. The molecule has 8 nitrogen and oxygen atoms in total. The third kappa shape index (κ3) is 3.98. The number of nitrogens with one attached hydrogen (secondary N) is 1. The molecule has 4 N–H and O–H groups in total. The molecular weight excluding hydrogens is 381 g/mol. The first-order chi connectivity index (χ1) is 13.2. The van der Waals surface area contributed by atoms with Crippen LogP contribution in [0, 0.1) is 0 Å². The number of hydrogen-bond donors (Lipinski definition) is 3. The molecule has 1 atom stereocenters. The molecule has 0 saturated heterocycles. The SMILES string of the molecule is NC(=O)C(CO)NC(=O)Cc1cn2cc(-c3ccoc3)cc(C(F)(F)F)c2n1. The molecule has 3 rings (SSSR count). The molecular formula is C17H15F3N4O4. The third-order valence-corrected chi connectivity index (χ3v) is 3.96. The molecule has 148 valence electrons. The van der Waals surface area contributed by atoms with Gasteiger partial charge in [-0.05, 0) is 12.1 Å². The lowest BCUT2D eigenvalue weighted by atomic mass is 10.1. The second-order valence-corrected chi connectivity index (χ2v) is 6.00. The van der Waals surface area contributed by atoms with Crippen LogP contribution < -0.4 is 11.1 Å². The quantitative estimate of drug-likeness (QED) is 0.576. The van der Waals surface area contributed by atoms with E-state index in [1.54, 1.807) is 0 Å². The Kier molecular flexibility index (Phi) is 5.10. The second kappa shape index (κ2) is 7.35. The molecule has 0 aliphatic carbocycles. The fourth-order valence-corrected chi connectivity index (χ4v) is 2.65. The Labute approximate surface area is 155 Å². The fraction of sp³-hybridized carbons (Fsp3) is 0.235. The van der Waals surface area contributed by atoms with Crippen molar-refractivity contribution in [2.45, 2.75) is 18.6 Å². The number of aliphatic hydroxyl groups excluding tert-OH is 1. The van der Waals surface area contributed by atoms with Crippen molar-refractivity contribution in [2.24, 2.45) is 5.73 Å². The van der Waals surface area contributed by atoms with E-state index in [2.05, 4.69) is 10.3 Å². The number of primary amides is 1. The van der Waals surface area contributed by atoms with Crippen LogP contribution in [0.3, 0.4) is 0 Å². The lowest BCUT2D eigenvalue weighted by Crippen LogP contribution is -2.47. The van der Waals surface area contributed by atoms with E-state index in [4.69, 9.17) is 15.3 Å². The molecule has 3 aromatic rings. The lowest BCUT2D eigenvalue weighted by molar-refractivity contribution is -0.136. The van der Waals surface area contributed by atoms with Crippen molar-refractivity contribution in [1.82, 2.24) is 14.7 Å². The minimum absolute atomic E-state index is 0.0495. The van der Waals surface area contributed by atoms with Gasteiger partial charge in [-0.15, -0.1) is 0 Å². The van der Waals surface area contributed by atoms with Crippen molar-refractivity contribution in [3.05, 3.63) is 48.3 Å². The van der Waals surface area contributed by atoms with E-state index in [1.807, 2.05) is 0 Å². The highest BCUT2D eigenvalue weighted by atomic mass is 19.4. The van der Waals surface area contributed by atoms with Crippen molar-refractivity contribution in [1.29, 1.82) is 0 Å². The Morgan fingerprint density at radius 1 is 1.32 bits per heavy atom. The zero-order valence-electron chi connectivity index (χ0n) is 14.2. The Bertz CT molecular complexity index is 1010. The molecule has 0 aliphatic heterocycles. The van der Waals surface area contributed by atoms with Crippen molar-refractivity contribution in [2.75, 3.05) is 6.61 Å². The molecule has 0 spiro atoms. The summed E-state index contributed by atoms with van der Waals surface area (Å²) in [6, 6.07) is 1.18. The summed E-state index contributed by atoms with van der Waals surface area (Å²) in [7, 11) is 0. The summed E-state index contributed by atoms with van der Waals surface area (Å²) in [6.45, 7) is -0.696. The highest BCUT2D eigenvalue weighted by Crippen LogP contribution is 2.35. The number of furan rings is 1. The van der Waals surface area contributed by atoms with Crippen LogP contribution >= 0.6 is 0 Å². The van der Waals surface area contributed by atoms with Crippen LogP contribution in [0.1, 0.15) is 11.3 Å². The number of fused-ring (bicyclic) bond motifs is 1. The number of aromatic nitrogens is 2. The molecule has 0 fully saturated rings. The van der Waals surface area contributed by atoms with Crippen LogP contribution in [0.2, 0.25) is 0 Å². The van der Waals surface area contributed by atoms with E-state index in [9.17, 15) is 22.8 Å². The van der Waals surface area contributed by atoms with Crippen molar-refractivity contribution < 1.29 is 32.3 Å². The van der Waals surface area contributed by atoms with Crippen LogP contribution in [0.5, 0.6) is 0 Å². The normalized spacial score (nSPS) is 12.9. The van der Waals surface area contributed by atoms with Gasteiger partial charge in [0.2, 0.25) is 11.8 Å². The Morgan fingerprint density at radius 3 is 2.64 bits per heavy atom. The average Bonchev–Trinajstić information content (AvgIpc) is 3.26. The smallest absolute Gasteiger partial charge is 0.420 e.